The Balaban J connectivity index is 2.45. The molecule has 0 aromatic carbocycles. The molecule has 7 nitrogen and oxygen atoms in total. The molecule has 0 aromatic rings. The van der Waals surface area contributed by atoms with Gasteiger partial charge in [-0.05, 0) is 6.92 Å². The molecule has 0 unspecified atom stereocenters. The maximum absolute atomic E-state index is 11.7. The van der Waals surface area contributed by atoms with Crippen molar-refractivity contribution in [2.45, 2.75) is 19.0 Å². The Bertz CT molecular complexity index is 459. The largest absolute Gasteiger partial charge is 0.481 e. The van der Waals surface area contributed by atoms with Crippen LogP contribution in [-0.4, -0.2) is 52.3 Å². The number of carboxylic acids is 2. The molecule has 1 aliphatic carbocycles. The van der Waals surface area contributed by atoms with Crippen LogP contribution in [0.5, 0.6) is 0 Å². The number of carboxylic acid groups (broad SMARTS) is 2. The van der Waals surface area contributed by atoms with Crippen molar-refractivity contribution in [3.05, 3.63) is 12.2 Å². The third-order valence-corrected chi connectivity index (χ3v) is 3.97. The number of nitrogens with zero attached hydrogens (tertiary/aromatic N) is 1. The number of ether oxygens (including phenoxy) is 1. The zero-order valence-corrected chi connectivity index (χ0v) is 10.5. The lowest BCUT2D eigenvalue weighted by atomic mass is 9.66. The number of rotatable bonds is 2. The standard InChI is InChI=1S/C12H15NO6/c1-5-6-3-4-7(13(5)12(18)19-2)9(11(16)17)8(6)10(14)15/h3-9H,1-2H3,(H,14,15)(H,16,17)/t5-,6+,7-,8-,9+/m0/s1. The van der Waals surface area contributed by atoms with Gasteiger partial charge in [0.25, 0.3) is 0 Å². The molecule has 3 aliphatic rings. The molecule has 0 spiro atoms. The summed E-state index contributed by atoms with van der Waals surface area (Å²) in [6, 6.07) is -1.19. The minimum absolute atomic E-state index is 0.404. The molecule has 1 saturated heterocycles. The van der Waals surface area contributed by atoms with Gasteiger partial charge in [0.05, 0.1) is 25.0 Å². The molecule has 2 aliphatic heterocycles. The fourth-order valence-electron chi connectivity index (χ4n) is 3.13. The van der Waals surface area contributed by atoms with Gasteiger partial charge in [0, 0.05) is 12.0 Å². The number of hydrogen-bond acceptors (Lipinski definition) is 4. The fraction of sp³-hybridized carbons (Fsp3) is 0.583. The van der Waals surface area contributed by atoms with Gasteiger partial charge in [-0.25, -0.2) is 4.79 Å². The second-order valence-electron chi connectivity index (χ2n) is 4.80. The number of carbonyl (C=O) groups is 3. The van der Waals surface area contributed by atoms with Crippen molar-refractivity contribution < 1.29 is 29.3 Å². The first kappa shape index (κ1) is 13.4. The van der Waals surface area contributed by atoms with Gasteiger partial charge in [-0.3, -0.25) is 14.5 Å². The van der Waals surface area contributed by atoms with Gasteiger partial charge in [0.2, 0.25) is 0 Å². The quantitative estimate of drug-likeness (QED) is 0.704. The summed E-state index contributed by atoms with van der Waals surface area (Å²) >= 11 is 0. The van der Waals surface area contributed by atoms with Crippen molar-refractivity contribution in [2.75, 3.05) is 7.11 Å². The number of hydrogen-bond donors (Lipinski definition) is 2. The van der Waals surface area contributed by atoms with Crippen molar-refractivity contribution in [2.24, 2.45) is 17.8 Å². The van der Waals surface area contributed by atoms with E-state index in [9.17, 15) is 24.6 Å². The highest BCUT2D eigenvalue weighted by molar-refractivity contribution is 5.84. The van der Waals surface area contributed by atoms with E-state index in [0.717, 1.165) is 0 Å². The molecule has 5 atom stereocenters. The third kappa shape index (κ3) is 1.85. The van der Waals surface area contributed by atoms with Gasteiger partial charge >= 0.3 is 18.0 Å². The Kier molecular flexibility index (Phi) is 3.21. The maximum atomic E-state index is 11.7. The minimum Gasteiger partial charge on any atom is -0.481 e. The summed E-state index contributed by atoms with van der Waals surface area (Å²) < 4.78 is 4.65. The molecule has 0 radical (unpaired) electrons. The van der Waals surface area contributed by atoms with Crippen molar-refractivity contribution in [3.63, 3.8) is 0 Å². The number of methoxy groups -OCH3 is 1. The molecule has 0 saturated carbocycles. The fourth-order valence-corrected chi connectivity index (χ4v) is 3.13. The lowest BCUT2D eigenvalue weighted by Gasteiger charge is -2.51. The van der Waals surface area contributed by atoms with E-state index in [1.54, 1.807) is 19.1 Å². The first-order valence-corrected chi connectivity index (χ1v) is 5.90. The number of aliphatic carboxylic acids is 2. The van der Waals surface area contributed by atoms with Gasteiger partial charge in [-0.1, -0.05) is 12.2 Å². The van der Waals surface area contributed by atoms with Crippen molar-refractivity contribution in [3.8, 4) is 0 Å². The third-order valence-electron chi connectivity index (χ3n) is 3.97. The van der Waals surface area contributed by atoms with Crippen molar-refractivity contribution in [1.82, 2.24) is 4.90 Å². The van der Waals surface area contributed by atoms with Crippen LogP contribution >= 0.6 is 0 Å². The Labute approximate surface area is 109 Å². The smallest absolute Gasteiger partial charge is 0.410 e. The van der Waals surface area contributed by atoms with Crippen molar-refractivity contribution in [1.29, 1.82) is 0 Å². The SMILES string of the molecule is COC(=O)N1[C@@H](C)[C@H]2C=C[C@H]1[C@@H](C(=O)O)[C@H]2C(=O)O. The molecule has 104 valence electrons. The number of piperidine rings is 1. The summed E-state index contributed by atoms with van der Waals surface area (Å²) in [5.41, 5.74) is 0. The molecule has 0 aromatic heterocycles. The van der Waals surface area contributed by atoms with E-state index in [2.05, 4.69) is 4.74 Å². The summed E-state index contributed by atoms with van der Waals surface area (Å²) in [6.45, 7) is 1.70. The van der Waals surface area contributed by atoms with Crippen LogP contribution in [0.15, 0.2) is 12.2 Å². The Hall–Kier alpha value is -2.05. The number of amides is 1. The zero-order valence-electron chi connectivity index (χ0n) is 10.5. The molecule has 1 amide bonds. The molecule has 2 heterocycles. The second-order valence-corrected chi connectivity index (χ2v) is 4.80. The highest BCUT2D eigenvalue weighted by atomic mass is 16.5. The first-order chi connectivity index (χ1) is 8.90. The van der Waals surface area contributed by atoms with Crippen LogP contribution < -0.4 is 0 Å². The summed E-state index contributed by atoms with van der Waals surface area (Å²) in [5.74, 6) is -5.07. The summed E-state index contributed by atoms with van der Waals surface area (Å²) in [4.78, 5) is 35.7. The number of carbonyl (C=O) groups excluding carboxylic acids is 1. The molecule has 2 bridgehead atoms. The average molecular weight is 269 g/mol. The van der Waals surface area contributed by atoms with E-state index in [4.69, 9.17) is 0 Å². The first-order valence-electron chi connectivity index (χ1n) is 5.90. The van der Waals surface area contributed by atoms with Crippen LogP contribution in [0.1, 0.15) is 6.92 Å². The average Bonchev–Trinajstić information content (AvgIpc) is 2.37. The Morgan fingerprint density at radius 2 is 1.68 bits per heavy atom. The Morgan fingerprint density at radius 1 is 1.11 bits per heavy atom. The van der Waals surface area contributed by atoms with E-state index < -0.39 is 47.9 Å². The summed E-state index contributed by atoms with van der Waals surface area (Å²) in [5, 5.41) is 18.5. The van der Waals surface area contributed by atoms with Crippen LogP contribution in [0.2, 0.25) is 0 Å². The molecule has 2 N–H and O–H groups in total. The van der Waals surface area contributed by atoms with Gasteiger partial charge in [0.1, 0.15) is 0 Å². The highest BCUT2D eigenvalue weighted by Gasteiger charge is 2.56. The van der Waals surface area contributed by atoms with E-state index >= 15 is 0 Å². The molecule has 7 heteroatoms. The monoisotopic (exact) mass is 269 g/mol. The topological polar surface area (TPSA) is 104 Å². The number of fused-ring (bicyclic) bond motifs is 2. The molecule has 3 rings (SSSR count). The Morgan fingerprint density at radius 3 is 2.16 bits per heavy atom. The van der Waals surface area contributed by atoms with Crippen LogP contribution in [0.25, 0.3) is 0 Å². The molecule has 1 fully saturated rings. The molecular weight excluding hydrogens is 254 g/mol. The van der Waals surface area contributed by atoms with Crippen molar-refractivity contribution >= 4 is 18.0 Å². The van der Waals surface area contributed by atoms with Crippen LogP contribution in [0.3, 0.4) is 0 Å². The van der Waals surface area contributed by atoms with Gasteiger partial charge in [-0.2, -0.15) is 0 Å². The predicted octanol–water partition coefficient (Wildman–Crippen LogP) is 0.413. The van der Waals surface area contributed by atoms with Crippen LogP contribution in [0, 0.1) is 17.8 Å². The second kappa shape index (κ2) is 4.56. The lowest BCUT2D eigenvalue weighted by molar-refractivity contribution is -0.164. The minimum atomic E-state index is -1.22. The van der Waals surface area contributed by atoms with E-state index in [-0.39, 0.29) is 0 Å². The highest BCUT2D eigenvalue weighted by Crippen LogP contribution is 2.43. The summed E-state index contributed by atoms with van der Waals surface area (Å²) in [7, 11) is 1.21. The molecule has 19 heavy (non-hydrogen) atoms. The van der Waals surface area contributed by atoms with Gasteiger partial charge in [-0.15, -0.1) is 0 Å². The maximum Gasteiger partial charge on any atom is 0.410 e. The van der Waals surface area contributed by atoms with Gasteiger partial charge in [0.15, 0.2) is 0 Å². The predicted molar refractivity (Wildman–Crippen MR) is 62.4 cm³/mol. The normalized spacial score (nSPS) is 36.1. The summed E-state index contributed by atoms with van der Waals surface area (Å²) in [6.07, 6.45) is 2.63. The van der Waals surface area contributed by atoms with E-state index in [0.29, 0.717) is 0 Å². The van der Waals surface area contributed by atoms with Crippen LogP contribution in [0.4, 0.5) is 4.79 Å². The van der Waals surface area contributed by atoms with Crippen LogP contribution in [-0.2, 0) is 14.3 Å². The van der Waals surface area contributed by atoms with E-state index in [1.807, 2.05) is 0 Å². The van der Waals surface area contributed by atoms with Gasteiger partial charge < -0.3 is 14.9 Å². The molecular formula is C12H15NO6. The zero-order chi connectivity index (χ0) is 14.3. The van der Waals surface area contributed by atoms with E-state index in [1.165, 1.54) is 12.0 Å². The lowest BCUT2D eigenvalue weighted by Crippen LogP contribution is -2.64.